The normalized spacial score (nSPS) is 10.6. The number of hydrogen-bond donors (Lipinski definition) is 1. The van der Waals surface area contributed by atoms with E-state index in [0.29, 0.717) is 26.7 Å². The van der Waals surface area contributed by atoms with Crippen molar-refractivity contribution in [2.75, 3.05) is 0 Å². The molecule has 0 unspecified atom stereocenters. The second kappa shape index (κ2) is 6.19. The predicted molar refractivity (Wildman–Crippen MR) is 81.1 cm³/mol. The summed E-state index contributed by atoms with van der Waals surface area (Å²) in [5.41, 5.74) is 1.37. The fourth-order valence-electron chi connectivity index (χ4n) is 1.71. The third-order valence-corrected chi connectivity index (χ3v) is 3.98. The fraction of sp³-hybridized carbons (Fsp3) is 0.0769. The van der Waals surface area contributed by atoms with Gasteiger partial charge < -0.3 is 5.11 Å². The van der Waals surface area contributed by atoms with E-state index < -0.39 is 5.97 Å². The summed E-state index contributed by atoms with van der Waals surface area (Å²) in [6.07, 6.45) is 1.22. The van der Waals surface area contributed by atoms with E-state index in [1.807, 2.05) is 0 Å². The van der Waals surface area contributed by atoms with Crippen molar-refractivity contribution in [3.8, 4) is 11.1 Å². The van der Waals surface area contributed by atoms with Gasteiger partial charge in [-0.05, 0) is 23.8 Å². The first-order chi connectivity index (χ1) is 9.40. The number of rotatable bonds is 3. The van der Waals surface area contributed by atoms with E-state index in [4.69, 9.17) is 51.5 Å². The van der Waals surface area contributed by atoms with Crippen molar-refractivity contribution in [2.45, 2.75) is 6.42 Å². The summed E-state index contributed by atoms with van der Waals surface area (Å²) in [5, 5.41) is 9.92. The Morgan fingerprint density at radius 3 is 2.45 bits per heavy atom. The van der Waals surface area contributed by atoms with Gasteiger partial charge in [0.25, 0.3) is 0 Å². The molecule has 0 radical (unpaired) electrons. The average molecular weight is 351 g/mol. The highest BCUT2D eigenvalue weighted by Gasteiger charge is 2.16. The van der Waals surface area contributed by atoms with E-state index in [0.717, 1.165) is 0 Å². The predicted octanol–water partition coefficient (Wildman–Crippen LogP) is 4.99. The summed E-state index contributed by atoms with van der Waals surface area (Å²) >= 11 is 24.3. The Morgan fingerprint density at radius 2 is 1.80 bits per heavy atom. The van der Waals surface area contributed by atoms with Gasteiger partial charge in [-0.15, -0.1) is 0 Å². The second-order valence-electron chi connectivity index (χ2n) is 3.97. The molecule has 104 valence electrons. The second-order valence-corrected chi connectivity index (χ2v) is 5.52. The summed E-state index contributed by atoms with van der Waals surface area (Å²) < 4.78 is 0. The van der Waals surface area contributed by atoms with Crippen molar-refractivity contribution in [3.63, 3.8) is 0 Å². The molecule has 0 spiro atoms. The molecule has 0 bridgehead atoms. The molecule has 3 nitrogen and oxygen atoms in total. The molecule has 1 N–H and O–H groups in total. The van der Waals surface area contributed by atoms with Crippen LogP contribution >= 0.6 is 46.4 Å². The van der Waals surface area contributed by atoms with Gasteiger partial charge in [-0.3, -0.25) is 4.79 Å². The molecular formula is C13H7Cl4NO2. The molecular weight excluding hydrogens is 344 g/mol. The maximum absolute atomic E-state index is 10.8. The van der Waals surface area contributed by atoms with Gasteiger partial charge in [-0.25, -0.2) is 4.98 Å². The molecule has 0 fully saturated rings. The molecule has 0 amide bonds. The number of benzene rings is 1. The first kappa shape index (κ1) is 15.4. The third-order valence-electron chi connectivity index (χ3n) is 2.56. The minimum absolute atomic E-state index is 0.171. The molecule has 0 saturated carbocycles. The number of aromatic nitrogens is 1. The quantitative estimate of drug-likeness (QED) is 0.626. The summed E-state index contributed by atoms with van der Waals surface area (Å²) in [6, 6.07) is 4.75. The average Bonchev–Trinajstić information content (AvgIpc) is 2.37. The number of carboxylic acids is 1. The van der Waals surface area contributed by atoms with Gasteiger partial charge in [0, 0.05) is 17.3 Å². The summed E-state index contributed by atoms with van der Waals surface area (Å²) in [4.78, 5) is 14.7. The van der Waals surface area contributed by atoms with Gasteiger partial charge in [-0.2, -0.15) is 0 Å². The van der Waals surface area contributed by atoms with E-state index >= 15 is 0 Å². The van der Waals surface area contributed by atoms with Crippen LogP contribution in [0.2, 0.25) is 20.2 Å². The van der Waals surface area contributed by atoms with Crippen LogP contribution in [-0.2, 0) is 11.2 Å². The standard InChI is InChI=1S/C13H7Cl4NO2/c14-8-1-2-9(15)12(16)11(8)7-3-6(4-10(19)20)5-18-13(7)17/h1-3,5H,4H2,(H,19,20). The molecule has 1 heterocycles. The zero-order valence-electron chi connectivity index (χ0n) is 9.83. The lowest BCUT2D eigenvalue weighted by atomic mass is 10.0. The SMILES string of the molecule is O=C(O)Cc1cnc(Cl)c(-c2c(Cl)ccc(Cl)c2Cl)c1. The van der Waals surface area contributed by atoms with Crippen molar-refractivity contribution in [1.29, 1.82) is 0 Å². The summed E-state index contributed by atoms with van der Waals surface area (Å²) in [7, 11) is 0. The van der Waals surface area contributed by atoms with Crippen LogP contribution in [0.4, 0.5) is 0 Å². The van der Waals surface area contributed by atoms with E-state index in [2.05, 4.69) is 4.98 Å². The topological polar surface area (TPSA) is 50.2 Å². The Morgan fingerprint density at radius 1 is 1.15 bits per heavy atom. The highest BCUT2D eigenvalue weighted by Crippen LogP contribution is 2.41. The lowest BCUT2D eigenvalue weighted by molar-refractivity contribution is -0.136. The summed E-state index contributed by atoms with van der Waals surface area (Å²) in [6.45, 7) is 0. The Balaban J connectivity index is 2.63. The Kier molecular flexibility index (Phi) is 4.76. The van der Waals surface area contributed by atoms with Crippen LogP contribution in [0, 0.1) is 0 Å². The third kappa shape index (κ3) is 3.18. The van der Waals surface area contributed by atoms with Crippen molar-refractivity contribution in [2.24, 2.45) is 0 Å². The number of nitrogens with zero attached hydrogens (tertiary/aromatic N) is 1. The highest BCUT2D eigenvalue weighted by molar-refractivity contribution is 6.46. The van der Waals surface area contributed by atoms with E-state index in [-0.39, 0.29) is 16.6 Å². The number of carboxylic acid groups (broad SMARTS) is 1. The number of carbonyl (C=O) groups is 1. The number of halogens is 4. The molecule has 2 aromatic rings. The summed E-state index contributed by atoms with van der Waals surface area (Å²) in [5.74, 6) is -0.969. The van der Waals surface area contributed by atoms with Crippen LogP contribution in [0.1, 0.15) is 5.56 Å². The Bertz CT molecular complexity index is 688. The molecule has 0 atom stereocenters. The first-order valence-electron chi connectivity index (χ1n) is 5.40. The van der Waals surface area contributed by atoms with E-state index in [9.17, 15) is 4.79 Å². The molecule has 1 aromatic carbocycles. The molecule has 0 saturated heterocycles. The molecule has 7 heteroatoms. The van der Waals surface area contributed by atoms with Crippen LogP contribution in [0.15, 0.2) is 24.4 Å². The largest absolute Gasteiger partial charge is 0.481 e. The zero-order chi connectivity index (χ0) is 14.9. The van der Waals surface area contributed by atoms with Crippen LogP contribution in [0.5, 0.6) is 0 Å². The minimum atomic E-state index is -0.969. The number of aliphatic carboxylic acids is 1. The van der Waals surface area contributed by atoms with Crippen molar-refractivity contribution in [1.82, 2.24) is 4.98 Å². The van der Waals surface area contributed by atoms with Gasteiger partial charge in [0.05, 0.1) is 21.5 Å². The van der Waals surface area contributed by atoms with Crippen molar-refractivity contribution in [3.05, 3.63) is 50.2 Å². The van der Waals surface area contributed by atoms with Gasteiger partial charge >= 0.3 is 5.97 Å². The highest BCUT2D eigenvalue weighted by atomic mass is 35.5. The zero-order valence-corrected chi connectivity index (χ0v) is 12.9. The lowest BCUT2D eigenvalue weighted by Gasteiger charge is -2.11. The Labute approximate surface area is 135 Å². The Hall–Kier alpha value is -1.000. The van der Waals surface area contributed by atoms with Crippen LogP contribution < -0.4 is 0 Å². The molecule has 1 aromatic heterocycles. The first-order valence-corrected chi connectivity index (χ1v) is 6.91. The van der Waals surface area contributed by atoms with Crippen molar-refractivity contribution < 1.29 is 9.90 Å². The van der Waals surface area contributed by atoms with Gasteiger partial charge in [0.2, 0.25) is 0 Å². The van der Waals surface area contributed by atoms with Crippen LogP contribution in [-0.4, -0.2) is 16.1 Å². The minimum Gasteiger partial charge on any atom is -0.481 e. The van der Waals surface area contributed by atoms with Crippen molar-refractivity contribution >= 4 is 52.4 Å². The smallest absolute Gasteiger partial charge is 0.307 e. The van der Waals surface area contributed by atoms with Crippen LogP contribution in [0.25, 0.3) is 11.1 Å². The van der Waals surface area contributed by atoms with E-state index in [1.165, 1.54) is 6.20 Å². The molecule has 20 heavy (non-hydrogen) atoms. The van der Waals surface area contributed by atoms with Gasteiger partial charge in [0.1, 0.15) is 5.15 Å². The maximum Gasteiger partial charge on any atom is 0.307 e. The molecule has 0 aliphatic rings. The molecule has 0 aliphatic carbocycles. The molecule has 0 aliphatic heterocycles. The number of pyridine rings is 1. The van der Waals surface area contributed by atoms with Gasteiger partial charge in [0.15, 0.2) is 0 Å². The fourth-order valence-corrected chi connectivity index (χ4v) is 2.64. The number of hydrogen-bond acceptors (Lipinski definition) is 2. The van der Waals surface area contributed by atoms with Crippen LogP contribution in [0.3, 0.4) is 0 Å². The monoisotopic (exact) mass is 349 g/mol. The lowest BCUT2D eigenvalue weighted by Crippen LogP contribution is -2.01. The van der Waals surface area contributed by atoms with E-state index in [1.54, 1.807) is 18.2 Å². The van der Waals surface area contributed by atoms with Gasteiger partial charge in [-0.1, -0.05) is 46.4 Å². The molecule has 2 rings (SSSR count). The maximum atomic E-state index is 10.8.